The zero-order valence-electron chi connectivity index (χ0n) is 17.7. The Labute approximate surface area is 174 Å². The number of alkyl halides is 1. The van der Waals surface area contributed by atoms with Crippen molar-refractivity contribution in [1.29, 1.82) is 0 Å². The molecular formula is C22H24FN7. The monoisotopic (exact) mass is 405 g/mol. The van der Waals surface area contributed by atoms with Gasteiger partial charge in [0.2, 0.25) is 0 Å². The number of halogens is 1. The quantitative estimate of drug-likeness (QED) is 0.518. The van der Waals surface area contributed by atoms with E-state index in [-0.39, 0.29) is 0 Å². The molecule has 0 amide bonds. The van der Waals surface area contributed by atoms with Gasteiger partial charge in [-0.3, -0.25) is 4.68 Å². The van der Waals surface area contributed by atoms with Gasteiger partial charge < -0.3 is 5.32 Å². The molecule has 0 aliphatic rings. The van der Waals surface area contributed by atoms with Crippen LogP contribution in [0.5, 0.6) is 0 Å². The van der Waals surface area contributed by atoms with Gasteiger partial charge in [0, 0.05) is 29.9 Å². The Morgan fingerprint density at radius 1 is 1.00 bits per heavy atom. The third-order valence-electron chi connectivity index (χ3n) is 5.05. The van der Waals surface area contributed by atoms with Gasteiger partial charge >= 0.3 is 0 Å². The number of anilines is 2. The second-order valence-electron chi connectivity index (χ2n) is 7.41. The summed E-state index contributed by atoms with van der Waals surface area (Å²) in [4.78, 5) is 8.66. The van der Waals surface area contributed by atoms with Gasteiger partial charge in [0.05, 0.1) is 11.4 Å². The fourth-order valence-corrected chi connectivity index (χ4v) is 3.57. The van der Waals surface area contributed by atoms with E-state index in [1.165, 1.54) is 13.3 Å². The van der Waals surface area contributed by atoms with E-state index >= 15 is 0 Å². The number of nitrogens with one attached hydrogen (secondary N) is 1. The normalized spacial score (nSPS) is 12.2. The summed E-state index contributed by atoms with van der Waals surface area (Å²) in [5.74, 6) is 2.01. The first-order valence-electron chi connectivity index (χ1n) is 9.74. The molecule has 0 aliphatic carbocycles. The van der Waals surface area contributed by atoms with Crippen LogP contribution in [-0.4, -0.2) is 29.5 Å². The third-order valence-corrected chi connectivity index (χ3v) is 5.05. The smallest absolute Gasteiger partial charge is 0.159 e. The first-order chi connectivity index (χ1) is 14.3. The Balaban J connectivity index is 1.64. The van der Waals surface area contributed by atoms with Crippen LogP contribution in [0.15, 0.2) is 42.7 Å². The first kappa shape index (κ1) is 19.8. The van der Waals surface area contributed by atoms with Crippen LogP contribution in [0.1, 0.15) is 35.6 Å². The van der Waals surface area contributed by atoms with E-state index in [0.717, 1.165) is 28.2 Å². The van der Waals surface area contributed by atoms with E-state index in [9.17, 15) is 4.39 Å². The van der Waals surface area contributed by atoms with Gasteiger partial charge in [0.25, 0.3) is 0 Å². The highest BCUT2D eigenvalue weighted by molar-refractivity contribution is 5.71. The molecule has 154 valence electrons. The highest BCUT2D eigenvalue weighted by Crippen LogP contribution is 2.30. The fraction of sp³-hybridized carbons (Fsp3) is 0.273. The number of aromatic nitrogens is 6. The Kier molecular flexibility index (Phi) is 5.07. The zero-order chi connectivity index (χ0) is 21.4. The lowest BCUT2D eigenvalue weighted by atomic mass is 10.0. The Hall–Kier alpha value is -3.55. The SMILES string of the molecule is Cc1cc(C)n(-c2cc(Nc3nn(C)c(-c4ccc(C(C)F)cc4)c3C)ncn2)n1. The second kappa shape index (κ2) is 7.70. The van der Waals surface area contributed by atoms with Gasteiger partial charge in [-0.05, 0) is 39.3 Å². The molecule has 1 N–H and O–H groups in total. The fourth-order valence-electron chi connectivity index (χ4n) is 3.57. The molecule has 0 saturated heterocycles. The summed E-state index contributed by atoms with van der Waals surface area (Å²) in [6.45, 7) is 7.47. The molecule has 3 heterocycles. The lowest BCUT2D eigenvalue weighted by Crippen LogP contribution is -2.04. The molecule has 1 unspecified atom stereocenters. The average Bonchev–Trinajstić information content (AvgIpc) is 3.19. The van der Waals surface area contributed by atoms with Crippen molar-refractivity contribution in [2.45, 2.75) is 33.9 Å². The van der Waals surface area contributed by atoms with Crippen LogP contribution in [0.25, 0.3) is 17.1 Å². The second-order valence-corrected chi connectivity index (χ2v) is 7.41. The summed E-state index contributed by atoms with van der Waals surface area (Å²) >= 11 is 0. The summed E-state index contributed by atoms with van der Waals surface area (Å²) in [5.41, 5.74) is 5.51. The van der Waals surface area contributed by atoms with Crippen molar-refractivity contribution in [2.75, 3.05) is 5.32 Å². The van der Waals surface area contributed by atoms with Crippen molar-refractivity contribution >= 4 is 11.6 Å². The minimum absolute atomic E-state index is 0.627. The summed E-state index contributed by atoms with van der Waals surface area (Å²) < 4.78 is 17.1. The molecule has 0 spiro atoms. The number of hydrogen-bond acceptors (Lipinski definition) is 5. The molecule has 0 fully saturated rings. The molecule has 30 heavy (non-hydrogen) atoms. The highest BCUT2D eigenvalue weighted by Gasteiger charge is 2.16. The maximum absolute atomic E-state index is 13.5. The number of hydrogen-bond donors (Lipinski definition) is 1. The predicted octanol–water partition coefficient (Wildman–Crippen LogP) is 4.76. The van der Waals surface area contributed by atoms with Crippen molar-refractivity contribution in [3.8, 4) is 17.1 Å². The molecule has 0 aliphatic heterocycles. The predicted molar refractivity (Wildman–Crippen MR) is 115 cm³/mol. The molecule has 4 rings (SSSR count). The van der Waals surface area contributed by atoms with Crippen LogP contribution in [0.4, 0.5) is 16.0 Å². The van der Waals surface area contributed by atoms with Gasteiger partial charge in [0.1, 0.15) is 18.3 Å². The molecule has 1 atom stereocenters. The van der Waals surface area contributed by atoms with Gasteiger partial charge in [0.15, 0.2) is 11.6 Å². The van der Waals surface area contributed by atoms with Crippen molar-refractivity contribution in [1.82, 2.24) is 29.5 Å². The summed E-state index contributed by atoms with van der Waals surface area (Å²) in [6, 6.07) is 11.3. The lowest BCUT2D eigenvalue weighted by Gasteiger charge is -2.08. The van der Waals surface area contributed by atoms with E-state index < -0.39 is 6.17 Å². The lowest BCUT2D eigenvalue weighted by molar-refractivity contribution is 0.374. The van der Waals surface area contributed by atoms with Crippen LogP contribution in [0.2, 0.25) is 0 Å². The van der Waals surface area contributed by atoms with E-state index in [1.54, 1.807) is 4.68 Å². The molecule has 0 radical (unpaired) electrons. The van der Waals surface area contributed by atoms with Gasteiger partial charge in [-0.15, -0.1) is 0 Å². The van der Waals surface area contributed by atoms with E-state index in [1.807, 2.05) is 68.9 Å². The van der Waals surface area contributed by atoms with E-state index in [2.05, 4.69) is 25.5 Å². The maximum atomic E-state index is 13.5. The van der Waals surface area contributed by atoms with Crippen LogP contribution in [-0.2, 0) is 7.05 Å². The Morgan fingerprint density at radius 2 is 1.73 bits per heavy atom. The number of aryl methyl sites for hydroxylation is 3. The standard InChI is InChI=1S/C22H24FN7/c1-13-10-14(2)30(27-13)20-11-19(24-12-25-20)26-22-15(3)21(29(5)28-22)18-8-6-17(7-9-18)16(4)23/h6-12,16H,1-5H3,(H,24,25,26,28). The van der Waals surface area contributed by atoms with Gasteiger partial charge in [-0.25, -0.2) is 19.0 Å². The molecule has 3 aromatic heterocycles. The Bertz CT molecular complexity index is 1190. The van der Waals surface area contributed by atoms with Gasteiger partial charge in [-0.1, -0.05) is 24.3 Å². The number of benzene rings is 1. The van der Waals surface area contributed by atoms with Crippen molar-refractivity contribution in [3.63, 3.8) is 0 Å². The van der Waals surface area contributed by atoms with Crippen molar-refractivity contribution in [3.05, 3.63) is 65.2 Å². The third kappa shape index (κ3) is 3.68. The van der Waals surface area contributed by atoms with E-state index in [0.29, 0.717) is 23.0 Å². The van der Waals surface area contributed by atoms with Crippen LogP contribution in [0, 0.1) is 20.8 Å². The largest absolute Gasteiger partial charge is 0.323 e. The molecule has 7 nitrogen and oxygen atoms in total. The minimum Gasteiger partial charge on any atom is -0.323 e. The van der Waals surface area contributed by atoms with Crippen molar-refractivity contribution < 1.29 is 4.39 Å². The molecule has 4 aromatic rings. The summed E-state index contributed by atoms with van der Waals surface area (Å²) in [7, 11) is 1.89. The Morgan fingerprint density at radius 3 is 2.37 bits per heavy atom. The topological polar surface area (TPSA) is 73.5 Å². The van der Waals surface area contributed by atoms with Crippen LogP contribution in [0.3, 0.4) is 0 Å². The molecule has 0 bridgehead atoms. The molecular weight excluding hydrogens is 381 g/mol. The zero-order valence-corrected chi connectivity index (χ0v) is 17.7. The van der Waals surface area contributed by atoms with Crippen LogP contribution < -0.4 is 5.32 Å². The minimum atomic E-state index is -0.988. The van der Waals surface area contributed by atoms with Gasteiger partial charge in [-0.2, -0.15) is 10.2 Å². The van der Waals surface area contributed by atoms with Crippen LogP contribution >= 0.6 is 0 Å². The highest BCUT2D eigenvalue weighted by atomic mass is 19.1. The number of rotatable bonds is 5. The summed E-state index contributed by atoms with van der Waals surface area (Å²) in [5, 5.41) is 12.4. The maximum Gasteiger partial charge on any atom is 0.159 e. The average molecular weight is 405 g/mol. The first-order valence-corrected chi connectivity index (χ1v) is 9.74. The molecule has 0 saturated carbocycles. The molecule has 1 aromatic carbocycles. The van der Waals surface area contributed by atoms with E-state index in [4.69, 9.17) is 0 Å². The molecule has 8 heteroatoms. The summed E-state index contributed by atoms with van der Waals surface area (Å²) in [6.07, 6.45) is 0.516. The van der Waals surface area contributed by atoms with Crippen molar-refractivity contribution in [2.24, 2.45) is 7.05 Å². The number of nitrogens with zero attached hydrogens (tertiary/aromatic N) is 6.